The van der Waals surface area contributed by atoms with Gasteiger partial charge in [0.25, 0.3) is 5.91 Å². The van der Waals surface area contributed by atoms with Crippen molar-refractivity contribution in [2.75, 3.05) is 26.2 Å². The zero-order chi connectivity index (χ0) is 22.6. The van der Waals surface area contributed by atoms with E-state index in [0.29, 0.717) is 12.5 Å². The number of amides is 1. The molecule has 3 fully saturated rings. The van der Waals surface area contributed by atoms with Crippen LogP contribution in [0.25, 0.3) is 0 Å². The number of ether oxygens (including phenoxy) is 1. The van der Waals surface area contributed by atoms with Gasteiger partial charge in [-0.3, -0.25) is 9.69 Å². The average Bonchev–Trinajstić information content (AvgIpc) is 3.38. The summed E-state index contributed by atoms with van der Waals surface area (Å²) in [6.07, 6.45) is -1.12. The van der Waals surface area contributed by atoms with Gasteiger partial charge >= 0.3 is 12.1 Å². The number of aliphatic carboxylic acids is 1. The molecule has 0 unspecified atom stereocenters. The Labute approximate surface area is 177 Å². The van der Waals surface area contributed by atoms with Crippen molar-refractivity contribution in [3.63, 3.8) is 0 Å². The lowest BCUT2D eigenvalue weighted by Gasteiger charge is -2.34. The Balaban J connectivity index is 0.000000339. The molecule has 10 heteroatoms. The first-order valence-corrected chi connectivity index (χ1v) is 10.3. The molecular formula is C21H26F4N2O4. The highest BCUT2D eigenvalue weighted by Crippen LogP contribution is 2.35. The van der Waals surface area contributed by atoms with E-state index in [4.69, 9.17) is 14.6 Å². The zero-order valence-corrected chi connectivity index (χ0v) is 17.0. The molecule has 0 bridgehead atoms. The topological polar surface area (TPSA) is 70.1 Å². The smallest absolute Gasteiger partial charge is 0.475 e. The Hall–Kier alpha value is -2.20. The molecule has 0 spiro atoms. The second kappa shape index (κ2) is 9.95. The van der Waals surface area contributed by atoms with Gasteiger partial charge in [-0.05, 0) is 44.2 Å². The summed E-state index contributed by atoms with van der Waals surface area (Å²) in [5.41, 5.74) is 0.735. The summed E-state index contributed by atoms with van der Waals surface area (Å²) < 4.78 is 51.7. The van der Waals surface area contributed by atoms with E-state index >= 15 is 0 Å². The molecule has 4 rings (SSSR count). The van der Waals surface area contributed by atoms with E-state index in [9.17, 15) is 22.4 Å². The average molecular weight is 446 g/mol. The Bertz CT molecular complexity index is 783. The number of fused-ring (bicyclic) bond motifs is 1. The molecule has 3 heterocycles. The van der Waals surface area contributed by atoms with Crippen LogP contribution >= 0.6 is 0 Å². The number of nitrogens with zero attached hydrogens (tertiary/aromatic N) is 2. The van der Waals surface area contributed by atoms with Crippen LogP contribution in [-0.2, 0) is 20.9 Å². The largest absolute Gasteiger partial charge is 0.490 e. The number of piperidine rings is 1. The van der Waals surface area contributed by atoms with Gasteiger partial charge < -0.3 is 14.7 Å². The summed E-state index contributed by atoms with van der Waals surface area (Å²) in [5, 5.41) is 7.12. The van der Waals surface area contributed by atoms with Gasteiger partial charge in [0.05, 0.1) is 6.10 Å². The van der Waals surface area contributed by atoms with E-state index in [-0.39, 0.29) is 23.9 Å². The summed E-state index contributed by atoms with van der Waals surface area (Å²) in [7, 11) is 0. The number of hydrogen-bond acceptors (Lipinski definition) is 4. The van der Waals surface area contributed by atoms with Crippen molar-refractivity contribution >= 4 is 11.9 Å². The second-order valence-electron chi connectivity index (χ2n) is 8.11. The van der Waals surface area contributed by atoms with Crippen LogP contribution in [0.5, 0.6) is 0 Å². The van der Waals surface area contributed by atoms with Crippen LogP contribution in [-0.4, -0.2) is 71.3 Å². The van der Waals surface area contributed by atoms with Crippen LogP contribution < -0.4 is 0 Å². The Kier molecular flexibility index (Phi) is 7.53. The molecule has 172 valence electrons. The first-order valence-electron chi connectivity index (χ1n) is 10.3. The maximum Gasteiger partial charge on any atom is 0.490 e. The van der Waals surface area contributed by atoms with Crippen molar-refractivity contribution in [3.8, 4) is 0 Å². The fraction of sp³-hybridized carbons (Fsp3) is 0.619. The summed E-state index contributed by atoms with van der Waals surface area (Å²) >= 11 is 0. The molecule has 0 aliphatic carbocycles. The molecule has 1 N–H and O–H groups in total. The third-order valence-corrected chi connectivity index (χ3v) is 5.92. The van der Waals surface area contributed by atoms with Gasteiger partial charge in [-0.2, -0.15) is 13.2 Å². The van der Waals surface area contributed by atoms with Crippen LogP contribution in [0.1, 0.15) is 31.2 Å². The molecule has 6 nitrogen and oxygen atoms in total. The highest BCUT2D eigenvalue weighted by Gasteiger charge is 2.43. The van der Waals surface area contributed by atoms with Crippen molar-refractivity contribution in [2.45, 2.75) is 50.6 Å². The highest BCUT2D eigenvalue weighted by molar-refractivity contribution is 5.81. The van der Waals surface area contributed by atoms with Crippen LogP contribution in [0.15, 0.2) is 24.3 Å². The Morgan fingerprint density at radius 1 is 1.13 bits per heavy atom. The Morgan fingerprint density at radius 2 is 1.77 bits per heavy atom. The molecule has 1 amide bonds. The normalized spacial score (nSPS) is 26.2. The van der Waals surface area contributed by atoms with Crippen molar-refractivity contribution in [1.29, 1.82) is 0 Å². The summed E-state index contributed by atoms with van der Waals surface area (Å²) in [6, 6.07) is 6.96. The van der Waals surface area contributed by atoms with Gasteiger partial charge in [-0.1, -0.05) is 18.2 Å². The third kappa shape index (κ3) is 6.16. The minimum Gasteiger partial charge on any atom is -0.475 e. The molecule has 3 atom stereocenters. The van der Waals surface area contributed by atoms with Crippen molar-refractivity contribution < 1.29 is 37.0 Å². The molecule has 1 aromatic rings. The number of rotatable bonds is 3. The number of alkyl halides is 3. The van der Waals surface area contributed by atoms with Gasteiger partial charge in [0.1, 0.15) is 11.9 Å². The number of likely N-dealkylation sites (tertiary alicyclic amines) is 2. The number of carbonyl (C=O) groups excluding carboxylic acids is 1. The highest BCUT2D eigenvalue weighted by atomic mass is 19.4. The van der Waals surface area contributed by atoms with Gasteiger partial charge in [0, 0.05) is 31.7 Å². The van der Waals surface area contributed by atoms with E-state index in [0.717, 1.165) is 57.4 Å². The number of benzene rings is 1. The molecular weight excluding hydrogens is 420 g/mol. The van der Waals surface area contributed by atoms with E-state index in [2.05, 4.69) is 4.90 Å². The zero-order valence-electron chi connectivity index (χ0n) is 17.0. The van der Waals surface area contributed by atoms with Gasteiger partial charge in [0.2, 0.25) is 0 Å². The monoisotopic (exact) mass is 446 g/mol. The standard InChI is InChI=1S/C19H25FN2O2.C2HF3O2/c20-16-6-2-1-5-15(16)12-21-10-7-14-11-17(24-18(14)13-21)19(23)22-8-3-4-9-22;3-2(4,5)1(6)7/h1-2,5-6,14,17-18H,3-4,7-13H2;(H,6,7)/t14-,17+,18-;/m0./s1. The summed E-state index contributed by atoms with van der Waals surface area (Å²) in [6.45, 7) is 4.12. The van der Waals surface area contributed by atoms with Gasteiger partial charge in [-0.15, -0.1) is 0 Å². The SMILES string of the molecule is O=C(O)C(F)(F)F.O=C([C@H]1C[C@@H]2CCN(Cc3ccccc3F)C[C@@H]2O1)N1CCCC1. The van der Waals surface area contributed by atoms with Crippen LogP contribution in [0.4, 0.5) is 17.6 Å². The molecule has 0 aromatic heterocycles. The molecule has 0 saturated carbocycles. The first kappa shape index (κ1) is 23.5. The summed E-state index contributed by atoms with van der Waals surface area (Å²) in [5.74, 6) is -2.25. The van der Waals surface area contributed by atoms with Crippen LogP contribution in [0.2, 0.25) is 0 Å². The first-order chi connectivity index (χ1) is 14.6. The number of carbonyl (C=O) groups is 2. The Morgan fingerprint density at radius 3 is 2.39 bits per heavy atom. The molecule has 3 aliphatic rings. The molecule has 31 heavy (non-hydrogen) atoms. The second-order valence-corrected chi connectivity index (χ2v) is 8.11. The third-order valence-electron chi connectivity index (χ3n) is 5.92. The van der Waals surface area contributed by atoms with E-state index < -0.39 is 12.1 Å². The number of halogens is 4. The molecule has 1 aromatic carbocycles. The minimum atomic E-state index is -5.08. The number of carboxylic acid groups (broad SMARTS) is 1. The molecule has 0 radical (unpaired) electrons. The van der Waals surface area contributed by atoms with Gasteiger partial charge in [-0.25, -0.2) is 9.18 Å². The van der Waals surface area contributed by atoms with E-state index in [1.165, 1.54) is 6.07 Å². The maximum absolute atomic E-state index is 13.8. The predicted molar refractivity (Wildman–Crippen MR) is 103 cm³/mol. The predicted octanol–water partition coefficient (Wildman–Crippen LogP) is 3.06. The fourth-order valence-corrected chi connectivity index (χ4v) is 4.31. The quantitative estimate of drug-likeness (QED) is 0.723. The van der Waals surface area contributed by atoms with Crippen LogP contribution in [0.3, 0.4) is 0 Å². The lowest BCUT2D eigenvalue weighted by Crippen LogP contribution is -2.42. The molecule has 3 saturated heterocycles. The van der Waals surface area contributed by atoms with E-state index in [1.807, 2.05) is 17.0 Å². The number of hydrogen-bond donors (Lipinski definition) is 1. The lowest BCUT2D eigenvalue weighted by molar-refractivity contribution is -0.192. The number of carboxylic acids is 1. The minimum absolute atomic E-state index is 0.113. The van der Waals surface area contributed by atoms with E-state index in [1.54, 1.807) is 6.07 Å². The van der Waals surface area contributed by atoms with Crippen LogP contribution in [0, 0.1) is 11.7 Å². The van der Waals surface area contributed by atoms with Crippen molar-refractivity contribution in [1.82, 2.24) is 9.80 Å². The maximum atomic E-state index is 13.8. The molecule has 3 aliphatic heterocycles. The van der Waals surface area contributed by atoms with Crippen molar-refractivity contribution in [2.24, 2.45) is 5.92 Å². The van der Waals surface area contributed by atoms with Crippen molar-refractivity contribution in [3.05, 3.63) is 35.6 Å². The lowest BCUT2D eigenvalue weighted by atomic mass is 9.91. The van der Waals surface area contributed by atoms with Gasteiger partial charge in [0.15, 0.2) is 0 Å². The summed E-state index contributed by atoms with van der Waals surface area (Å²) in [4.78, 5) is 25.7. The fourth-order valence-electron chi connectivity index (χ4n) is 4.31.